The highest BCUT2D eigenvalue weighted by atomic mass is 35.5. The minimum Gasteiger partial charge on any atom is -0.454 e. The van der Waals surface area contributed by atoms with Crippen molar-refractivity contribution < 1.29 is 8.81 Å². The van der Waals surface area contributed by atoms with Crippen molar-refractivity contribution in [3.63, 3.8) is 0 Å². The predicted molar refractivity (Wildman–Crippen MR) is 81.9 cm³/mol. The lowest BCUT2D eigenvalue weighted by Crippen LogP contribution is -1.79. The van der Waals surface area contributed by atoms with Gasteiger partial charge in [0.1, 0.15) is 17.1 Å². The van der Waals surface area contributed by atoms with Gasteiger partial charge in [0, 0.05) is 22.5 Å². The molecule has 0 aliphatic rings. The van der Waals surface area contributed by atoms with Crippen LogP contribution in [0, 0.1) is 5.82 Å². The molecule has 0 saturated heterocycles. The molecule has 0 aliphatic heterocycles. The molecule has 0 bridgehead atoms. The monoisotopic (exact) mass is 297 g/mol. The molecule has 4 rings (SSSR count). The average Bonchev–Trinajstić information content (AvgIpc) is 2.92. The first kappa shape index (κ1) is 12.4. The molecule has 0 atom stereocenters. The van der Waals surface area contributed by atoms with E-state index in [1.807, 2.05) is 24.3 Å². The molecule has 0 fully saturated rings. The largest absolute Gasteiger partial charge is 0.454 e. The summed E-state index contributed by atoms with van der Waals surface area (Å²) in [6, 6.07) is 13.7. The van der Waals surface area contributed by atoms with Crippen LogP contribution in [0.2, 0.25) is 5.02 Å². The van der Waals surface area contributed by atoms with E-state index in [9.17, 15) is 4.39 Å². The molecule has 4 heteroatoms. The molecule has 2 aromatic heterocycles. The highest BCUT2D eigenvalue weighted by Crippen LogP contribution is 2.35. The summed E-state index contributed by atoms with van der Waals surface area (Å²) in [4.78, 5) is 4.35. The summed E-state index contributed by atoms with van der Waals surface area (Å²) in [7, 11) is 0. The third-order valence-electron chi connectivity index (χ3n) is 3.45. The molecule has 0 N–H and O–H groups in total. The van der Waals surface area contributed by atoms with E-state index < -0.39 is 0 Å². The Balaban J connectivity index is 2.02. The Hall–Kier alpha value is -2.39. The number of benzene rings is 2. The lowest BCUT2D eigenvalue weighted by atomic mass is 10.1. The number of nitrogens with zero attached hydrogens (tertiary/aromatic N) is 1. The van der Waals surface area contributed by atoms with Crippen LogP contribution < -0.4 is 0 Å². The zero-order valence-corrected chi connectivity index (χ0v) is 11.6. The lowest BCUT2D eigenvalue weighted by molar-refractivity contribution is 0.624. The fraction of sp³-hybridized carbons (Fsp3) is 0. The van der Waals surface area contributed by atoms with E-state index in [1.54, 1.807) is 18.3 Å². The van der Waals surface area contributed by atoms with Gasteiger partial charge in [-0.25, -0.2) is 4.39 Å². The Morgan fingerprint density at radius 3 is 2.67 bits per heavy atom. The second kappa shape index (κ2) is 4.57. The highest BCUT2D eigenvalue weighted by molar-refractivity contribution is 6.37. The van der Waals surface area contributed by atoms with Gasteiger partial charge in [0.15, 0.2) is 5.58 Å². The Labute approximate surface area is 124 Å². The van der Waals surface area contributed by atoms with E-state index in [2.05, 4.69) is 4.98 Å². The molecule has 2 nitrogen and oxygen atoms in total. The van der Waals surface area contributed by atoms with Crippen LogP contribution in [0.3, 0.4) is 0 Å². The summed E-state index contributed by atoms with van der Waals surface area (Å²) < 4.78 is 18.9. The quantitative estimate of drug-likeness (QED) is 0.467. The fourth-order valence-electron chi connectivity index (χ4n) is 2.45. The number of pyridine rings is 1. The van der Waals surface area contributed by atoms with Crippen LogP contribution >= 0.6 is 11.6 Å². The van der Waals surface area contributed by atoms with Gasteiger partial charge in [0.05, 0.1) is 5.02 Å². The summed E-state index contributed by atoms with van der Waals surface area (Å²) in [6.45, 7) is 0. The van der Waals surface area contributed by atoms with Gasteiger partial charge in [-0.05, 0) is 48.5 Å². The standard InChI is InChI=1S/C17H9ClFNO/c18-14-8-11-9-15(10-3-5-12(19)6-4-10)21-17(11)16-13(14)2-1-7-20-16/h1-9H. The number of hydrogen-bond donors (Lipinski definition) is 0. The van der Waals surface area contributed by atoms with E-state index in [1.165, 1.54) is 12.1 Å². The third kappa shape index (κ3) is 1.98. The Kier molecular flexibility index (Phi) is 2.69. The van der Waals surface area contributed by atoms with Crippen LogP contribution in [0.25, 0.3) is 33.2 Å². The summed E-state index contributed by atoms with van der Waals surface area (Å²) in [5.74, 6) is 0.393. The van der Waals surface area contributed by atoms with Crippen LogP contribution in [0.1, 0.15) is 0 Å². The Morgan fingerprint density at radius 2 is 1.86 bits per heavy atom. The van der Waals surface area contributed by atoms with Gasteiger partial charge in [0.2, 0.25) is 0 Å². The number of hydrogen-bond acceptors (Lipinski definition) is 2. The topological polar surface area (TPSA) is 26.0 Å². The molecule has 0 saturated carbocycles. The van der Waals surface area contributed by atoms with Gasteiger partial charge < -0.3 is 4.42 Å². The minimum absolute atomic E-state index is 0.273. The normalized spacial score (nSPS) is 11.3. The van der Waals surface area contributed by atoms with Crippen LogP contribution in [0.4, 0.5) is 4.39 Å². The third-order valence-corrected chi connectivity index (χ3v) is 3.76. The Morgan fingerprint density at radius 1 is 1.05 bits per heavy atom. The molecule has 0 aliphatic carbocycles. The van der Waals surface area contributed by atoms with E-state index in [-0.39, 0.29) is 5.82 Å². The van der Waals surface area contributed by atoms with Gasteiger partial charge in [0.25, 0.3) is 0 Å². The molecule has 0 amide bonds. The van der Waals surface area contributed by atoms with E-state index >= 15 is 0 Å². The van der Waals surface area contributed by atoms with Gasteiger partial charge in [-0.2, -0.15) is 0 Å². The van der Waals surface area contributed by atoms with E-state index in [4.69, 9.17) is 16.0 Å². The molecular formula is C17H9ClFNO. The molecule has 0 radical (unpaired) electrons. The number of rotatable bonds is 1. The van der Waals surface area contributed by atoms with Gasteiger partial charge in [-0.1, -0.05) is 11.6 Å². The maximum absolute atomic E-state index is 13.0. The summed E-state index contributed by atoms with van der Waals surface area (Å²) in [5.41, 5.74) is 2.23. The maximum Gasteiger partial charge on any atom is 0.161 e. The molecular weight excluding hydrogens is 289 g/mol. The van der Waals surface area contributed by atoms with Crippen LogP contribution in [-0.4, -0.2) is 4.98 Å². The van der Waals surface area contributed by atoms with Crippen molar-refractivity contribution in [1.82, 2.24) is 4.98 Å². The van der Waals surface area contributed by atoms with Crippen molar-refractivity contribution in [2.75, 3.05) is 0 Å². The molecule has 102 valence electrons. The second-order valence-corrected chi connectivity index (χ2v) is 5.20. The minimum atomic E-state index is -0.273. The number of furan rings is 1. The van der Waals surface area contributed by atoms with Crippen molar-refractivity contribution in [3.8, 4) is 11.3 Å². The first-order chi connectivity index (χ1) is 10.2. The molecule has 2 heterocycles. The van der Waals surface area contributed by atoms with Gasteiger partial charge in [-0.15, -0.1) is 0 Å². The number of fused-ring (bicyclic) bond motifs is 3. The second-order valence-electron chi connectivity index (χ2n) is 4.79. The molecule has 21 heavy (non-hydrogen) atoms. The zero-order chi connectivity index (χ0) is 14.4. The van der Waals surface area contributed by atoms with E-state index in [0.29, 0.717) is 16.4 Å². The molecule has 4 aromatic rings. The highest BCUT2D eigenvalue weighted by Gasteiger charge is 2.12. The first-order valence-corrected chi connectivity index (χ1v) is 6.83. The van der Waals surface area contributed by atoms with Crippen molar-refractivity contribution in [2.24, 2.45) is 0 Å². The van der Waals surface area contributed by atoms with Gasteiger partial charge in [-0.3, -0.25) is 4.98 Å². The lowest BCUT2D eigenvalue weighted by Gasteiger charge is -1.99. The average molecular weight is 298 g/mol. The van der Waals surface area contributed by atoms with Crippen molar-refractivity contribution in [2.45, 2.75) is 0 Å². The van der Waals surface area contributed by atoms with Crippen LogP contribution in [0.15, 0.2) is 59.1 Å². The molecule has 0 spiro atoms. The Bertz CT molecular complexity index is 960. The van der Waals surface area contributed by atoms with Crippen LogP contribution in [0.5, 0.6) is 0 Å². The van der Waals surface area contributed by atoms with Gasteiger partial charge >= 0.3 is 0 Å². The van der Waals surface area contributed by atoms with E-state index in [0.717, 1.165) is 21.9 Å². The predicted octanol–water partition coefficient (Wildman–Crippen LogP) is 5.44. The van der Waals surface area contributed by atoms with Crippen LogP contribution in [-0.2, 0) is 0 Å². The summed E-state index contributed by atoms with van der Waals surface area (Å²) in [6.07, 6.45) is 1.71. The molecule has 2 aromatic carbocycles. The summed E-state index contributed by atoms with van der Waals surface area (Å²) >= 11 is 6.28. The van der Waals surface area contributed by atoms with Crippen molar-refractivity contribution >= 4 is 33.5 Å². The molecule has 0 unspecified atom stereocenters. The first-order valence-electron chi connectivity index (χ1n) is 6.45. The fourth-order valence-corrected chi connectivity index (χ4v) is 2.72. The zero-order valence-electron chi connectivity index (χ0n) is 10.8. The maximum atomic E-state index is 13.0. The number of aromatic nitrogens is 1. The van der Waals surface area contributed by atoms with Crippen molar-refractivity contribution in [3.05, 3.63) is 65.6 Å². The number of halogens is 2. The smallest absolute Gasteiger partial charge is 0.161 e. The SMILES string of the molecule is Fc1ccc(-c2cc3cc(Cl)c4cccnc4c3o2)cc1. The van der Waals surface area contributed by atoms with Crippen molar-refractivity contribution in [1.29, 1.82) is 0 Å². The summed E-state index contributed by atoms with van der Waals surface area (Å²) in [5, 5.41) is 2.37.